The minimum absolute atomic E-state index is 0.912. The Labute approximate surface area is 156 Å². The second-order valence-electron chi connectivity index (χ2n) is 5.27. The molecule has 0 amide bonds. The molecular formula is C20H19IO2P+. The predicted octanol–water partition coefficient (Wildman–Crippen LogP) is 4.35. The van der Waals surface area contributed by atoms with Gasteiger partial charge in [0.15, 0.2) is 49.1 Å². The van der Waals surface area contributed by atoms with E-state index in [1.807, 2.05) is 24.3 Å². The van der Waals surface area contributed by atoms with Gasteiger partial charge in [-0.05, 0) is 36.4 Å². The van der Waals surface area contributed by atoms with Crippen molar-refractivity contribution in [3.8, 4) is 11.5 Å². The summed E-state index contributed by atoms with van der Waals surface area (Å²) in [5.41, 5.74) is 0. The fourth-order valence-electron chi connectivity index (χ4n) is 2.81. The van der Waals surface area contributed by atoms with E-state index in [-0.39, 0.29) is 0 Å². The molecule has 0 atom stereocenters. The zero-order chi connectivity index (χ0) is 17.0. The van der Waals surface area contributed by atoms with Crippen LogP contribution in [0.25, 0.3) is 0 Å². The molecule has 0 radical (unpaired) electrons. The maximum absolute atomic E-state index is 5.69. The van der Waals surface area contributed by atoms with Crippen molar-refractivity contribution in [2.45, 2.75) is 0 Å². The highest BCUT2D eigenvalue weighted by molar-refractivity contribution is 14.2. The predicted molar refractivity (Wildman–Crippen MR) is 112 cm³/mol. The third kappa shape index (κ3) is 3.03. The summed E-state index contributed by atoms with van der Waals surface area (Å²) in [4.78, 5) is -1.91. The largest absolute Gasteiger partial charge is 0.493 e. The van der Waals surface area contributed by atoms with Crippen molar-refractivity contribution >= 4 is 42.9 Å². The van der Waals surface area contributed by atoms with Gasteiger partial charge in [0, 0.05) is 0 Å². The number of para-hydroxylation sites is 2. The monoisotopic (exact) mass is 449 g/mol. The molecule has 0 spiro atoms. The molecule has 2 nitrogen and oxygen atoms in total. The molecular weight excluding hydrogens is 430 g/mol. The van der Waals surface area contributed by atoms with Crippen LogP contribution in [0.5, 0.6) is 11.5 Å². The van der Waals surface area contributed by atoms with Crippen LogP contribution < -0.4 is 25.4 Å². The van der Waals surface area contributed by atoms with Crippen molar-refractivity contribution in [2.24, 2.45) is 0 Å². The number of rotatable bonds is 5. The van der Waals surface area contributed by atoms with Gasteiger partial charge in [-0.25, -0.2) is 0 Å². The first-order chi connectivity index (χ1) is 11.7. The summed E-state index contributed by atoms with van der Waals surface area (Å²) in [6, 6.07) is 27.2. The smallest absolute Gasteiger partial charge is 0.180 e. The molecule has 0 aliphatic rings. The Morgan fingerprint density at radius 1 is 0.625 bits per heavy atom. The van der Waals surface area contributed by atoms with Crippen LogP contribution in [0.3, 0.4) is 0 Å². The highest BCUT2D eigenvalue weighted by Crippen LogP contribution is 2.66. The van der Waals surface area contributed by atoms with Gasteiger partial charge in [-0.15, -0.1) is 0 Å². The normalized spacial score (nSPS) is 11.1. The molecule has 0 aliphatic heterocycles. The first-order valence-corrected chi connectivity index (χ1v) is 12.2. The van der Waals surface area contributed by atoms with Crippen LogP contribution in [0.4, 0.5) is 0 Å². The fraction of sp³-hybridized carbons (Fsp3) is 0.100. The lowest BCUT2D eigenvalue weighted by molar-refractivity contribution is 0.417. The van der Waals surface area contributed by atoms with Gasteiger partial charge < -0.3 is 9.47 Å². The molecule has 0 N–H and O–H groups in total. The zero-order valence-corrected chi connectivity index (χ0v) is 16.7. The molecule has 0 bridgehead atoms. The lowest BCUT2D eigenvalue weighted by atomic mass is 10.3. The van der Waals surface area contributed by atoms with Crippen LogP contribution in [-0.4, -0.2) is 14.2 Å². The van der Waals surface area contributed by atoms with Crippen LogP contribution in [0.1, 0.15) is 0 Å². The first kappa shape index (κ1) is 17.2. The summed E-state index contributed by atoms with van der Waals surface area (Å²) in [6.45, 7) is 0. The Morgan fingerprint density at radius 3 is 1.50 bits per heavy atom. The molecule has 122 valence electrons. The summed E-state index contributed by atoms with van der Waals surface area (Å²) < 4.78 is 11.4. The Kier molecular flexibility index (Phi) is 5.42. The average Bonchev–Trinajstić information content (AvgIpc) is 2.68. The van der Waals surface area contributed by atoms with Crippen LogP contribution in [-0.2, 0) is 0 Å². The molecule has 0 saturated carbocycles. The van der Waals surface area contributed by atoms with Crippen LogP contribution in [0.2, 0.25) is 0 Å². The van der Waals surface area contributed by atoms with Gasteiger partial charge in [-0.2, -0.15) is 0 Å². The number of hydrogen-bond acceptors (Lipinski definition) is 2. The molecule has 0 fully saturated rings. The number of halogens is 1. The lowest BCUT2D eigenvalue weighted by Crippen LogP contribution is -2.28. The van der Waals surface area contributed by atoms with E-state index in [9.17, 15) is 0 Å². The second-order valence-corrected chi connectivity index (χ2v) is 12.3. The fourth-order valence-corrected chi connectivity index (χ4v) is 9.09. The summed E-state index contributed by atoms with van der Waals surface area (Å²) >= 11 is 2.62. The maximum Gasteiger partial charge on any atom is 0.180 e. The van der Waals surface area contributed by atoms with Crippen molar-refractivity contribution in [1.29, 1.82) is 0 Å². The quantitative estimate of drug-likeness (QED) is 0.426. The molecule has 3 aromatic rings. The van der Waals surface area contributed by atoms with E-state index in [0.29, 0.717) is 0 Å². The third-order valence-corrected chi connectivity index (χ3v) is 11.8. The van der Waals surface area contributed by atoms with E-state index in [2.05, 4.69) is 76.6 Å². The van der Waals surface area contributed by atoms with Crippen molar-refractivity contribution in [3.63, 3.8) is 0 Å². The molecule has 0 aliphatic carbocycles. The van der Waals surface area contributed by atoms with Crippen molar-refractivity contribution < 1.29 is 9.47 Å². The molecule has 3 rings (SSSR count). The van der Waals surface area contributed by atoms with Crippen molar-refractivity contribution in [2.75, 3.05) is 14.2 Å². The lowest BCUT2D eigenvalue weighted by Gasteiger charge is -2.23. The highest BCUT2D eigenvalue weighted by Gasteiger charge is 2.47. The van der Waals surface area contributed by atoms with Crippen molar-refractivity contribution in [3.05, 3.63) is 78.9 Å². The van der Waals surface area contributed by atoms with E-state index >= 15 is 0 Å². The number of methoxy groups -OCH3 is 2. The maximum atomic E-state index is 5.69. The van der Waals surface area contributed by atoms with Gasteiger partial charge in [0.05, 0.1) is 14.2 Å². The summed E-state index contributed by atoms with van der Waals surface area (Å²) in [6.07, 6.45) is 0. The molecule has 0 unspecified atom stereocenters. The van der Waals surface area contributed by atoms with Gasteiger partial charge in [-0.1, -0.05) is 42.5 Å². The molecule has 0 heterocycles. The molecule has 24 heavy (non-hydrogen) atoms. The summed E-state index contributed by atoms with van der Waals surface area (Å²) in [5, 5.41) is 3.72. The van der Waals surface area contributed by atoms with E-state index < -0.39 is 4.90 Å². The Morgan fingerprint density at radius 2 is 1.04 bits per heavy atom. The van der Waals surface area contributed by atoms with E-state index in [0.717, 1.165) is 11.5 Å². The zero-order valence-electron chi connectivity index (χ0n) is 13.6. The topological polar surface area (TPSA) is 18.5 Å². The standard InChI is InChI=1S/C20H19IO2P/c1-22-17-12-6-8-14-19(17)24(21,16-10-4-3-5-11-16)20-15-9-7-13-18(20)23-2/h3-15H,1-2H3/q+1. The third-order valence-electron chi connectivity index (χ3n) is 3.95. The first-order valence-electron chi connectivity index (χ1n) is 7.63. The van der Waals surface area contributed by atoms with E-state index in [1.54, 1.807) is 14.2 Å². The minimum atomic E-state index is -1.91. The van der Waals surface area contributed by atoms with Crippen LogP contribution in [0.15, 0.2) is 78.9 Å². The summed E-state index contributed by atoms with van der Waals surface area (Å²) in [7, 11) is 3.46. The van der Waals surface area contributed by atoms with Gasteiger partial charge in [-0.3, -0.25) is 0 Å². The summed E-state index contributed by atoms with van der Waals surface area (Å²) in [5.74, 6) is 1.82. The SMILES string of the molecule is COc1ccccc1[P+](I)(c1ccccc1)c1ccccc1OC. The van der Waals surface area contributed by atoms with Gasteiger partial charge in [0.2, 0.25) is 0 Å². The molecule has 4 heteroatoms. The Balaban J connectivity index is 2.34. The molecule has 0 aromatic heterocycles. The minimum Gasteiger partial charge on any atom is -0.493 e. The molecule has 3 aromatic carbocycles. The average molecular weight is 449 g/mol. The van der Waals surface area contributed by atoms with E-state index in [4.69, 9.17) is 9.47 Å². The highest BCUT2D eigenvalue weighted by atomic mass is 127. The Hall–Kier alpha value is -1.58. The number of ether oxygens (including phenoxy) is 2. The van der Waals surface area contributed by atoms with Crippen LogP contribution in [0, 0.1) is 0 Å². The van der Waals surface area contributed by atoms with E-state index in [1.165, 1.54) is 15.9 Å². The van der Waals surface area contributed by atoms with Gasteiger partial charge in [0.25, 0.3) is 0 Å². The van der Waals surface area contributed by atoms with Gasteiger partial charge >= 0.3 is 0 Å². The second kappa shape index (κ2) is 7.54. The van der Waals surface area contributed by atoms with Gasteiger partial charge in [0.1, 0.15) is 5.30 Å². The number of benzene rings is 3. The Bertz CT molecular complexity index is 773. The van der Waals surface area contributed by atoms with Crippen molar-refractivity contribution in [1.82, 2.24) is 0 Å². The number of hydrogen-bond donors (Lipinski definition) is 0. The van der Waals surface area contributed by atoms with Crippen LogP contribution >= 0.6 is 26.9 Å². The molecule has 0 saturated heterocycles.